The van der Waals surface area contributed by atoms with Gasteiger partial charge in [-0.15, -0.1) is 0 Å². The van der Waals surface area contributed by atoms with E-state index in [4.69, 9.17) is 5.26 Å². The zero-order chi connectivity index (χ0) is 15.5. The lowest BCUT2D eigenvalue weighted by Gasteiger charge is -1.96. The van der Waals surface area contributed by atoms with Crippen LogP contribution in [0.15, 0.2) is 54.6 Å². The minimum absolute atomic E-state index is 0.703. The van der Waals surface area contributed by atoms with Gasteiger partial charge in [0, 0.05) is 14.1 Å². The van der Waals surface area contributed by atoms with Gasteiger partial charge in [0.05, 0.1) is 11.6 Å². The molecule has 0 aliphatic carbocycles. The maximum Gasteiger partial charge on any atom is 0.209 e. The average Bonchev–Trinajstić information content (AvgIpc) is 2.54. The highest BCUT2D eigenvalue weighted by molar-refractivity contribution is 5.72. The van der Waals surface area contributed by atoms with Crippen molar-refractivity contribution in [3.05, 3.63) is 71.3 Å². The summed E-state index contributed by atoms with van der Waals surface area (Å²) in [5, 5.41) is 8.93. The number of nitrogens with zero attached hydrogens (tertiary/aromatic N) is 2. The van der Waals surface area contributed by atoms with Gasteiger partial charge in [-0.25, -0.2) is 0 Å². The fourth-order valence-electron chi connectivity index (χ4n) is 1.49. The lowest BCUT2D eigenvalue weighted by Crippen LogP contribution is -2.06. The van der Waals surface area contributed by atoms with Gasteiger partial charge in [-0.1, -0.05) is 60.7 Å². The zero-order valence-electron chi connectivity index (χ0n) is 12.2. The van der Waals surface area contributed by atoms with Crippen molar-refractivity contribution in [1.82, 2.24) is 4.90 Å². The largest absolute Gasteiger partial charge is 0.351 e. The van der Waals surface area contributed by atoms with Crippen molar-refractivity contribution < 1.29 is 4.79 Å². The third-order valence-corrected chi connectivity index (χ3v) is 2.55. The molecule has 3 heteroatoms. The maximum atomic E-state index is 9.43. The molecule has 3 nitrogen and oxygen atoms in total. The van der Waals surface area contributed by atoms with E-state index in [0.29, 0.717) is 5.56 Å². The van der Waals surface area contributed by atoms with Crippen molar-refractivity contribution in [2.45, 2.75) is 0 Å². The van der Waals surface area contributed by atoms with Crippen molar-refractivity contribution in [3.63, 3.8) is 0 Å². The fraction of sp³-hybridized carbons (Fsp3) is 0.111. The van der Waals surface area contributed by atoms with Crippen molar-refractivity contribution in [2.75, 3.05) is 14.1 Å². The molecule has 0 aromatic heterocycles. The highest BCUT2D eigenvalue weighted by Crippen LogP contribution is 2.12. The Balaban J connectivity index is 0.000000383. The van der Waals surface area contributed by atoms with E-state index in [-0.39, 0.29) is 0 Å². The van der Waals surface area contributed by atoms with Crippen molar-refractivity contribution in [3.8, 4) is 6.07 Å². The van der Waals surface area contributed by atoms with E-state index >= 15 is 0 Å². The molecule has 106 valence electrons. The fourth-order valence-corrected chi connectivity index (χ4v) is 1.49. The van der Waals surface area contributed by atoms with Gasteiger partial charge in [0.2, 0.25) is 6.41 Å². The predicted octanol–water partition coefficient (Wildman–Crippen LogP) is 3.43. The minimum Gasteiger partial charge on any atom is -0.351 e. The molecule has 0 saturated heterocycles. The Bertz CT molecular complexity index is 625. The summed E-state index contributed by atoms with van der Waals surface area (Å²) in [5.74, 6) is 0. The third-order valence-electron chi connectivity index (χ3n) is 2.55. The maximum absolute atomic E-state index is 9.43. The first-order valence-corrected chi connectivity index (χ1v) is 6.51. The van der Waals surface area contributed by atoms with Crippen LogP contribution in [0.3, 0.4) is 0 Å². The molecule has 1 amide bonds. The molecule has 0 fully saturated rings. The van der Waals surface area contributed by atoms with Gasteiger partial charge in [0.25, 0.3) is 0 Å². The first-order valence-electron chi connectivity index (χ1n) is 6.51. The number of hydrogen-bond acceptors (Lipinski definition) is 2. The number of carbonyl (C=O) groups excluding carboxylic acids is 1. The van der Waals surface area contributed by atoms with E-state index in [1.165, 1.54) is 4.90 Å². The molecule has 0 atom stereocenters. The van der Waals surface area contributed by atoms with Gasteiger partial charge in [-0.2, -0.15) is 5.26 Å². The Hall–Kier alpha value is -2.86. The lowest BCUT2D eigenvalue weighted by molar-refractivity contribution is -0.115. The Morgan fingerprint density at radius 1 is 0.952 bits per heavy atom. The molecule has 0 unspecified atom stereocenters. The molecule has 0 aliphatic heterocycles. The second kappa shape index (κ2) is 9.11. The van der Waals surface area contributed by atoms with Crippen LogP contribution in [0, 0.1) is 11.3 Å². The molecule has 0 saturated carbocycles. The zero-order valence-corrected chi connectivity index (χ0v) is 12.2. The van der Waals surface area contributed by atoms with Gasteiger partial charge in [0.15, 0.2) is 0 Å². The van der Waals surface area contributed by atoms with Crippen LogP contribution >= 0.6 is 0 Å². The van der Waals surface area contributed by atoms with Crippen LogP contribution in [0.5, 0.6) is 0 Å². The summed E-state index contributed by atoms with van der Waals surface area (Å²) in [7, 11) is 3.38. The van der Waals surface area contributed by atoms with Crippen LogP contribution in [-0.2, 0) is 4.79 Å². The van der Waals surface area contributed by atoms with Gasteiger partial charge < -0.3 is 4.90 Å². The van der Waals surface area contributed by atoms with E-state index in [9.17, 15) is 4.79 Å². The van der Waals surface area contributed by atoms with Crippen LogP contribution < -0.4 is 0 Å². The molecule has 2 aromatic carbocycles. The van der Waals surface area contributed by atoms with Gasteiger partial charge >= 0.3 is 0 Å². The predicted molar refractivity (Wildman–Crippen MR) is 86.3 cm³/mol. The Labute approximate surface area is 125 Å². The second-order valence-corrected chi connectivity index (χ2v) is 4.51. The molecular formula is C18H18N2O. The number of hydrogen-bond donors (Lipinski definition) is 0. The van der Waals surface area contributed by atoms with Crippen LogP contribution in [0.25, 0.3) is 12.2 Å². The van der Waals surface area contributed by atoms with Gasteiger partial charge in [-0.05, 0) is 17.2 Å². The lowest BCUT2D eigenvalue weighted by atomic mass is 10.1. The molecule has 0 heterocycles. The highest BCUT2D eigenvalue weighted by atomic mass is 16.1. The first kappa shape index (κ1) is 16.2. The van der Waals surface area contributed by atoms with E-state index in [1.54, 1.807) is 14.1 Å². The number of nitriles is 1. The van der Waals surface area contributed by atoms with Crippen molar-refractivity contribution in [1.29, 1.82) is 5.26 Å². The number of amides is 1. The normalized spacial score (nSPS) is 9.38. The molecule has 21 heavy (non-hydrogen) atoms. The number of carbonyl (C=O) groups is 1. The molecule has 0 spiro atoms. The number of benzene rings is 2. The SMILES string of the molecule is CN(C)C=O.N#Cc1ccccc1C=Cc1ccccc1. The quantitative estimate of drug-likeness (QED) is 0.637. The summed E-state index contributed by atoms with van der Waals surface area (Å²) in [6.45, 7) is 0. The summed E-state index contributed by atoms with van der Waals surface area (Å²) >= 11 is 0. The molecule has 0 aliphatic rings. The van der Waals surface area contributed by atoms with Crippen molar-refractivity contribution in [2.24, 2.45) is 0 Å². The monoisotopic (exact) mass is 278 g/mol. The molecule has 0 bridgehead atoms. The average molecular weight is 278 g/mol. The molecule has 2 rings (SSSR count). The molecule has 0 N–H and O–H groups in total. The third kappa shape index (κ3) is 6.22. The topological polar surface area (TPSA) is 44.1 Å². The van der Waals surface area contributed by atoms with E-state index < -0.39 is 0 Å². The second-order valence-electron chi connectivity index (χ2n) is 4.51. The Morgan fingerprint density at radius 3 is 2.10 bits per heavy atom. The van der Waals surface area contributed by atoms with Crippen LogP contribution in [-0.4, -0.2) is 25.4 Å². The summed E-state index contributed by atoms with van der Waals surface area (Å²) in [6.07, 6.45) is 4.73. The minimum atomic E-state index is 0.703. The number of rotatable bonds is 3. The Morgan fingerprint density at radius 2 is 1.52 bits per heavy atom. The van der Waals surface area contributed by atoms with Crippen molar-refractivity contribution >= 4 is 18.6 Å². The Kier molecular flexibility index (Phi) is 7.02. The van der Waals surface area contributed by atoms with Crippen LogP contribution in [0.2, 0.25) is 0 Å². The van der Waals surface area contributed by atoms with Gasteiger partial charge in [0.1, 0.15) is 0 Å². The molecule has 0 radical (unpaired) electrons. The highest BCUT2D eigenvalue weighted by Gasteiger charge is 1.95. The van der Waals surface area contributed by atoms with Crippen LogP contribution in [0.4, 0.5) is 0 Å². The standard InChI is InChI=1S/C15H11N.C3H7NO/c16-12-15-9-5-4-8-14(15)11-10-13-6-2-1-3-7-13;1-4(2)3-5/h1-11H;3H,1-2H3. The van der Waals surface area contributed by atoms with Gasteiger partial charge in [-0.3, -0.25) is 4.79 Å². The summed E-state index contributed by atoms with van der Waals surface area (Å²) in [4.78, 5) is 10.9. The van der Waals surface area contributed by atoms with E-state index in [0.717, 1.165) is 17.5 Å². The first-order chi connectivity index (χ1) is 10.2. The summed E-state index contributed by atoms with van der Waals surface area (Å²) < 4.78 is 0. The van der Waals surface area contributed by atoms with Crippen LogP contribution in [0.1, 0.15) is 16.7 Å². The smallest absolute Gasteiger partial charge is 0.209 e. The van der Waals surface area contributed by atoms with E-state index in [1.807, 2.05) is 66.7 Å². The molecular weight excluding hydrogens is 260 g/mol. The van der Waals surface area contributed by atoms with E-state index in [2.05, 4.69) is 6.07 Å². The summed E-state index contributed by atoms with van der Waals surface area (Å²) in [6, 6.07) is 19.8. The molecule has 2 aromatic rings. The summed E-state index contributed by atoms with van der Waals surface area (Å²) in [5.41, 5.74) is 2.79.